The largest absolute Gasteiger partial charge is 0.383 e. The van der Waals surface area contributed by atoms with Crippen LogP contribution >= 0.6 is 0 Å². The molecule has 1 saturated carbocycles. The second kappa shape index (κ2) is 8.16. The summed E-state index contributed by atoms with van der Waals surface area (Å²) in [6.45, 7) is 4.09. The standard InChI is InChI=1S/C20H30N6/c21-20-18(9-4-10-22-20)14-25-11-5-6-16(12-25)13-26-15-19(23-24-26)17-7-2-1-3-8-17/h4,9-10,15-17H,1-3,5-8,11-14H2,(H2,21,22). The van der Waals surface area contributed by atoms with Crippen LogP contribution in [0.2, 0.25) is 0 Å². The molecule has 2 fully saturated rings. The monoisotopic (exact) mass is 354 g/mol. The van der Waals surface area contributed by atoms with Crippen LogP contribution in [0.3, 0.4) is 0 Å². The van der Waals surface area contributed by atoms with E-state index in [1.54, 1.807) is 6.20 Å². The molecule has 2 aromatic heterocycles. The summed E-state index contributed by atoms with van der Waals surface area (Å²) in [5, 5.41) is 8.91. The average molecular weight is 355 g/mol. The highest BCUT2D eigenvalue weighted by molar-refractivity contribution is 5.38. The molecule has 1 saturated heterocycles. The molecule has 6 heteroatoms. The second-order valence-corrected chi connectivity index (χ2v) is 7.99. The average Bonchev–Trinajstić information content (AvgIpc) is 3.13. The third-order valence-electron chi connectivity index (χ3n) is 5.95. The van der Waals surface area contributed by atoms with E-state index in [0.717, 1.165) is 31.7 Å². The first-order valence-electron chi connectivity index (χ1n) is 10.1. The van der Waals surface area contributed by atoms with E-state index in [9.17, 15) is 0 Å². The van der Waals surface area contributed by atoms with Crippen molar-refractivity contribution in [3.8, 4) is 0 Å². The van der Waals surface area contributed by atoms with Crippen molar-refractivity contribution in [1.82, 2.24) is 24.9 Å². The zero-order chi connectivity index (χ0) is 17.8. The second-order valence-electron chi connectivity index (χ2n) is 7.99. The summed E-state index contributed by atoms with van der Waals surface area (Å²) in [6, 6.07) is 4.05. The summed E-state index contributed by atoms with van der Waals surface area (Å²) in [6.07, 6.45) is 13.1. The van der Waals surface area contributed by atoms with Crippen molar-refractivity contribution in [2.24, 2.45) is 5.92 Å². The van der Waals surface area contributed by atoms with Crippen LogP contribution in [0.15, 0.2) is 24.5 Å². The fraction of sp³-hybridized carbons (Fsp3) is 0.650. The molecule has 0 radical (unpaired) electrons. The van der Waals surface area contributed by atoms with Gasteiger partial charge in [-0.05, 0) is 44.2 Å². The Bertz CT molecular complexity index is 706. The van der Waals surface area contributed by atoms with Crippen LogP contribution in [-0.2, 0) is 13.1 Å². The predicted molar refractivity (Wildman–Crippen MR) is 102 cm³/mol. The van der Waals surface area contributed by atoms with E-state index < -0.39 is 0 Å². The normalized spacial score (nSPS) is 22.5. The minimum atomic E-state index is 0.627. The van der Waals surface area contributed by atoms with Crippen LogP contribution in [-0.4, -0.2) is 38.0 Å². The third-order valence-corrected chi connectivity index (χ3v) is 5.95. The van der Waals surface area contributed by atoms with Gasteiger partial charge in [0, 0.05) is 43.5 Å². The quantitative estimate of drug-likeness (QED) is 0.892. The first-order valence-corrected chi connectivity index (χ1v) is 10.1. The van der Waals surface area contributed by atoms with Gasteiger partial charge in [0.2, 0.25) is 0 Å². The van der Waals surface area contributed by atoms with Gasteiger partial charge in [-0.15, -0.1) is 5.10 Å². The van der Waals surface area contributed by atoms with E-state index in [2.05, 4.69) is 37.1 Å². The summed E-state index contributed by atoms with van der Waals surface area (Å²) in [4.78, 5) is 6.71. The van der Waals surface area contributed by atoms with Crippen molar-refractivity contribution in [3.63, 3.8) is 0 Å². The van der Waals surface area contributed by atoms with Crippen molar-refractivity contribution in [1.29, 1.82) is 0 Å². The lowest BCUT2D eigenvalue weighted by atomic mass is 9.87. The molecule has 2 aromatic rings. The molecule has 1 atom stereocenters. The maximum absolute atomic E-state index is 6.01. The van der Waals surface area contributed by atoms with Crippen LogP contribution < -0.4 is 5.73 Å². The minimum absolute atomic E-state index is 0.627. The van der Waals surface area contributed by atoms with E-state index in [1.807, 2.05) is 6.07 Å². The summed E-state index contributed by atoms with van der Waals surface area (Å²) >= 11 is 0. The number of rotatable bonds is 5. The first-order chi connectivity index (χ1) is 12.8. The van der Waals surface area contributed by atoms with Crippen molar-refractivity contribution in [3.05, 3.63) is 35.8 Å². The van der Waals surface area contributed by atoms with Gasteiger partial charge in [-0.3, -0.25) is 9.58 Å². The molecule has 1 unspecified atom stereocenters. The van der Waals surface area contributed by atoms with Crippen molar-refractivity contribution in [2.75, 3.05) is 18.8 Å². The van der Waals surface area contributed by atoms with Crippen LogP contribution in [0.25, 0.3) is 0 Å². The van der Waals surface area contributed by atoms with Gasteiger partial charge < -0.3 is 5.73 Å². The summed E-state index contributed by atoms with van der Waals surface area (Å²) < 4.78 is 2.08. The molecule has 2 aliphatic rings. The Labute approximate surface area is 155 Å². The van der Waals surface area contributed by atoms with Gasteiger partial charge >= 0.3 is 0 Å². The SMILES string of the molecule is Nc1ncccc1CN1CCCC(Cn2cc(C3CCCCC3)nn2)C1. The first kappa shape index (κ1) is 17.5. The molecule has 1 aliphatic heterocycles. The number of likely N-dealkylation sites (tertiary alicyclic amines) is 1. The fourth-order valence-corrected chi connectivity index (χ4v) is 4.52. The molecule has 0 bridgehead atoms. The van der Waals surface area contributed by atoms with Crippen LogP contribution in [0.1, 0.15) is 62.1 Å². The number of pyridine rings is 1. The van der Waals surface area contributed by atoms with E-state index >= 15 is 0 Å². The number of nitrogens with two attached hydrogens (primary N) is 1. The van der Waals surface area contributed by atoms with Gasteiger partial charge in [-0.25, -0.2) is 4.98 Å². The predicted octanol–water partition coefficient (Wildman–Crippen LogP) is 3.22. The van der Waals surface area contributed by atoms with E-state index in [1.165, 1.54) is 50.6 Å². The zero-order valence-corrected chi connectivity index (χ0v) is 15.6. The maximum Gasteiger partial charge on any atom is 0.127 e. The lowest BCUT2D eigenvalue weighted by Crippen LogP contribution is -2.36. The molecule has 0 amide bonds. The molecule has 140 valence electrons. The molecular weight excluding hydrogens is 324 g/mol. The van der Waals surface area contributed by atoms with E-state index in [0.29, 0.717) is 17.7 Å². The van der Waals surface area contributed by atoms with Gasteiger partial charge in [0.25, 0.3) is 0 Å². The van der Waals surface area contributed by atoms with Gasteiger partial charge in [0.15, 0.2) is 0 Å². The van der Waals surface area contributed by atoms with Gasteiger partial charge in [-0.2, -0.15) is 0 Å². The third kappa shape index (κ3) is 4.23. The Morgan fingerprint density at radius 2 is 2.00 bits per heavy atom. The highest BCUT2D eigenvalue weighted by Crippen LogP contribution is 2.31. The number of piperidine rings is 1. The number of hydrogen-bond donors (Lipinski definition) is 1. The summed E-state index contributed by atoms with van der Waals surface area (Å²) in [5.41, 5.74) is 8.35. The smallest absolute Gasteiger partial charge is 0.127 e. The highest BCUT2D eigenvalue weighted by Gasteiger charge is 2.23. The van der Waals surface area contributed by atoms with Crippen LogP contribution in [0.4, 0.5) is 5.82 Å². The molecule has 0 aromatic carbocycles. The molecular formula is C20H30N6. The molecule has 4 rings (SSSR count). The number of nitrogens with zero attached hydrogens (tertiary/aromatic N) is 5. The lowest BCUT2D eigenvalue weighted by molar-refractivity contribution is 0.153. The number of aromatic nitrogens is 4. The van der Waals surface area contributed by atoms with Gasteiger partial charge in [0.1, 0.15) is 5.82 Å². The lowest BCUT2D eigenvalue weighted by Gasteiger charge is -2.32. The zero-order valence-electron chi connectivity index (χ0n) is 15.6. The Morgan fingerprint density at radius 1 is 1.12 bits per heavy atom. The molecule has 3 heterocycles. The van der Waals surface area contributed by atoms with Gasteiger partial charge in [0.05, 0.1) is 5.69 Å². The Hall–Kier alpha value is -1.95. The molecule has 6 nitrogen and oxygen atoms in total. The Kier molecular flexibility index (Phi) is 5.48. The van der Waals surface area contributed by atoms with Crippen LogP contribution in [0, 0.1) is 5.92 Å². The van der Waals surface area contributed by atoms with Crippen molar-refractivity contribution < 1.29 is 0 Å². The number of nitrogen functional groups attached to an aromatic ring is 1. The molecule has 26 heavy (non-hydrogen) atoms. The summed E-state index contributed by atoms with van der Waals surface area (Å²) in [7, 11) is 0. The van der Waals surface area contributed by atoms with E-state index in [-0.39, 0.29) is 0 Å². The Balaban J connectivity index is 1.33. The molecule has 1 aliphatic carbocycles. The number of anilines is 1. The topological polar surface area (TPSA) is 72.9 Å². The molecule has 2 N–H and O–H groups in total. The van der Waals surface area contributed by atoms with Crippen LogP contribution in [0.5, 0.6) is 0 Å². The summed E-state index contributed by atoms with van der Waals surface area (Å²) in [5.74, 6) is 1.92. The van der Waals surface area contributed by atoms with E-state index in [4.69, 9.17) is 5.73 Å². The van der Waals surface area contributed by atoms with Crippen molar-refractivity contribution in [2.45, 2.75) is 64.0 Å². The fourth-order valence-electron chi connectivity index (χ4n) is 4.52. The minimum Gasteiger partial charge on any atom is -0.383 e. The highest BCUT2D eigenvalue weighted by atomic mass is 15.4. The van der Waals surface area contributed by atoms with Crippen molar-refractivity contribution >= 4 is 5.82 Å². The maximum atomic E-state index is 6.01. The number of hydrogen-bond acceptors (Lipinski definition) is 5. The van der Waals surface area contributed by atoms with Gasteiger partial charge in [-0.1, -0.05) is 30.5 Å². The molecule has 0 spiro atoms. The Morgan fingerprint density at radius 3 is 2.85 bits per heavy atom.